The van der Waals surface area contributed by atoms with Crippen molar-refractivity contribution in [3.8, 4) is 17.2 Å². The lowest BCUT2D eigenvalue weighted by Crippen LogP contribution is -2.41. The average molecular weight is 471 g/mol. The van der Waals surface area contributed by atoms with Crippen LogP contribution >= 0.6 is 0 Å². The van der Waals surface area contributed by atoms with Gasteiger partial charge in [-0.3, -0.25) is 0 Å². The summed E-state index contributed by atoms with van der Waals surface area (Å²) >= 11 is 0. The molecule has 8 nitrogen and oxygen atoms in total. The van der Waals surface area contributed by atoms with Crippen molar-refractivity contribution in [2.24, 2.45) is 11.8 Å². The Balaban J connectivity index is 1.26. The van der Waals surface area contributed by atoms with Crippen molar-refractivity contribution in [1.82, 2.24) is 0 Å². The van der Waals surface area contributed by atoms with E-state index in [0.717, 1.165) is 12.0 Å². The van der Waals surface area contributed by atoms with Gasteiger partial charge in [0.05, 0.1) is 23.9 Å². The number of fused-ring (bicyclic) bond motifs is 1. The lowest BCUT2D eigenvalue weighted by atomic mass is 9.66. The Morgan fingerprint density at radius 1 is 1.00 bits per heavy atom. The van der Waals surface area contributed by atoms with Crippen molar-refractivity contribution in [2.75, 3.05) is 20.2 Å². The molecular weight excluding hydrogens is 440 g/mol. The highest BCUT2D eigenvalue weighted by molar-refractivity contribution is 5.91. The number of hydrogen-bond acceptors (Lipinski definition) is 8. The van der Waals surface area contributed by atoms with Crippen molar-refractivity contribution in [1.29, 1.82) is 0 Å². The molecule has 0 radical (unpaired) electrons. The molecule has 2 N–H and O–H groups in total. The van der Waals surface area contributed by atoms with E-state index in [1.54, 1.807) is 30.3 Å². The molecule has 2 aliphatic heterocycles. The molecule has 0 amide bonds. The SMILES string of the molecule is CC1OCOC1CC1C(O)CC[C@H](c2ccc(OC(=O)c3ccc4c(c3)OCO4)cc2)C1CO. The molecule has 5 rings (SSSR count). The fourth-order valence-electron chi connectivity index (χ4n) is 5.35. The van der Waals surface area contributed by atoms with Crippen LogP contribution in [-0.4, -0.2) is 54.7 Å². The molecule has 1 saturated heterocycles. The molecule has 3 aliphatic rings. The third-order valence-electron chi connectivity index (χ3n) is 7.31. The molecule has 1 saturated carbocycles. The summed E-state index contributed by atoms with van der Waals surface area (Å²) in [5.74, 6) is 1.01. The second kappa shape index (κ2) is 9.92. The van der Waals surface area contributed by atoms with Crippen molar-refractivity contribution in [3.05, 3.63) is 53.6 Å². The minimum Gasteiger partial charge on any atom is -0.454 e. The smallest absolute Gasteiger partial charge is 0.343 e. The third kappa shape index (κ3) is 4.63. The summed E-state index contributed by atoms with van der Waals surface area (Å²) in [4.78, 5) is 12.6. The van der Waals surface area contributed by atoms with Crippen molar-refractivity contribution < 1.29 is 38.7 Å². The number of esters is 1. The quantitative estimate of drug-likeness (QED) is 0.490. The van der Waals surface area contributed by atoms with E-state index >= 15 is 0 Å². The fraction of sp³-hybridized carbons (Fsp3) is 0.500. The maximum atomic E-state index is 12.6. The zero-order valence-corrected chi connectivity index (χ0v) is 19.1. The molecule has 8 heteroatoms. The number of rotatable bonds is 6. The molecule has 0 bridgehead atoms. The molecule has 2 aromatic rings. The average Bonchev–Trinajstić information content (AvgIpc) is 3.49. The van der Waals surface area contributed by atoms with Gasteiger partial charge in [-0.1, -0.05) is 12.1 Å². The highest BCUT2D eigenvalue weighted by atomic mass is 16.7. The molecule has 0 spiro atoms. The Bertz CT molecular complexity index is 1010. The van der Waals surface area contributed by atoms with Gasteiger partial charge < -0.3 is 33.9 Å². The second-order valence-electron chi connectivity index (χ2n) is 9.22. The number of benzene rings is 2. The molecule has 1 aliphatic carbocycles. The third-order valence-corrected chi connectivity index (χ3v) is 7.31. The largest absolute Gasteiger partial charge is 0.454 e. The first-order valence-corrected chi connectivity index (χ1v) is 11.8. The number of carbonyl (C=O) groups excluding carboxylic acids is 1. The lowest BCUT2D eigenvalue weighted by Gasteiger charge is -2.41. The normalized spacial score (nSPS) is 30.3. The van der Waals surface area contributed by atoms with E-state index in [0.29, 0.717) is 35.7 Å². The Labute approximate surface area is 198 Å². The van der Waals surface area contributed by atoms with Crippen LogP contribution in [0, 0.1) is 11.8 Å². The first-order chi connectivity index (χ1) is 16.5. The van der Waals surface area contributed by atoms with Gasteiger partial charge in [-0.15, -0.1) is 0 Å². The van der Waals surface area contributed by atoms with Crippen molar-refractivity contribution in [2.45, 2.75) is 50.4 Å². The zero-order chi connectivity index (χ0) is 23.7. The molecule has 2 fully saturated rings. The lowest BCUT2D eigenvalue weighted by molar-refractivity contribution is -0.0322. The van der Waals surface area contributed by atoms with E-state index < -0.39 is 12.1 Å². The van der Waals surface area contributed by atoms with Crippen molar-refractivity contribution in [3.63, 3.8) is 0 Å². The Kier molecular flexibility index (Phi) is 6.74. The predicted molar refractivity (Wildman–Crippen MR) is 121 cm³/mol. The summed E-state index contributed by atoms with van der Waals surface area (Å²) in [6.45, 7) is 2.37. The highest BCUT2D eigenvalue weighted by Crippen LogP contribution is 2.44. The number of hydrogen-bond donors (Lipinski definition) is 2. The summed E-state index contributed by atoms with van der Waals surface area (Å²) in [5, 5.41) is 21.0. The highest BCUT2D eigenvalue weighted by Gasteiger charge is 2.42. The molecule has 182 valence electrons. The minimum absolute atomic E-state index is 0.0186. The first-order valence-electron chi connectivity index (χ1n) is 11.8. The number of aliphatic hydroxyl groups is 2. The Morgan fingerprint density at radius 2 is 1.79 bits per heavy atom. The van der Waals surface area contributed by atoms with E-state index in [9.17, 15) is 15.0 Å². The maximum absolute atomic E-state index is 12.6. The maximum Gasteiger partial charge on any atom is 0.343 e. The number of aliphatic hydroxyl groups excluding tert-OH is 2. The predicted octanol–water partition coefficient (Wildman–Crippen LogP) is 3.25. The second-order valence-corrected chi connectivity index (χ2v) is 9.22. The molecule has 6 atom stereocenters. The van der Waals surface area contributed by atoms with E-state index in [4.69, 9.17) is 23.7 Å². The molecule has 5 unspecified atom stereocenters. The van der Waals surface area contributed by atoms with Crippen LogP contribution in [0.25, 0.3) is 0 Å². The van der Waals surface area contributed by atoms with Crippen LogP contribution in [0.5, 0.6) is 17.2 Å². The van der Waals surface area contributed by atoms with Gasteiger partial charge in [0.15, 0.2) is 11.5 Å². The summed E-state index contributed by atoms with van der Waals surface area (Å²) < 4.78 is 27.3. The summed E-state index contributed by atoms with van der Waals surface area (Å²) in [6, 6.07) is 12.3. The van der Waals surface area contributed by atoms with Crippen LogP contribution in [0.4, 0.5) is 0 Å². The van der Waals surface area contributed by atoms with Gasteiger partial charge in [0.1, 0.15) is 12.5 Å². The van der Waals surface area contributed by atoms with Crippen LogP contribution in [0.1, 0.15) is 48.0 Å². The molecule has 2 aromatic carbocycles. The summed E-state index contributed by atoms with van der Waals surface area (Å²) in [5.41, 5.74) is 1.43. The molecule has 34 heavy (non-hydrogen) atoms. The fourth-order valence-corrected chi connectivity index (χ4v) is 5.35. The zero-order valence-electron chi connectivity index (χ0n) is 19.1. The van der Waals surface area contributed by atoms with Gasteiger partial charge in [-0.2, -0.15) is 0 Å². The van der Waals surface area contributed by atoms with E-state index in [1.165, 1.54) is 0 Å². The van der Waals surface area contributed by atoms with Crippen molar-refractivity contribution >= 4 is 5.97 Å². The monoisotopic (exact) mass is 470 g/mol. The van der Waals surface area contributed by atoms with Gasteiger partial charge >= 0.3 is 5.97 Å². The standard InChI is InChI=1S/C26H30O8/c1-15-24(32-13-30-15)11-20-21(12-27)19(7-8-22(20)28)16-2-5-18(6-3-16)34-26(29)17-4-9-23-25(10-17)33-14-31-23/h2-6,9-10,15,19-22,24,27-28H,7-8,11-14H2,1H3/t15?,19-,20?,21?,22?,24?/m1/s1. The molecule has 2 heterocycles. The minimum atomic E-state index is -0.480. The first kappa shape index (κ1) is 23.1. The van der Waals surface area contributed by atoms with Crippen LogP contribution in [0.15, 0.2) is 42.5 Å². The Morgan fingerprint density at radius 3 is 2.53 bits per heavy atom. The van der Waals surface area contributed by atoms with E-state index in [2.05, 4.69) is 0 Å². The van der Waals surface area contributed by atoms with Gasteiger partial charge in [-0.05, 0) is 79.8 Å². The molecule has 0 aromatic heterocycles. The molecular formula is C26H30O8. The van der Waals surface area contributed by atoms with Gasteiger partial charge in [0, 0.05) is 6.61 Å². The number of ether oxygens (including phenoxy) is 5. The van der Waals surface area contributed by atoms with Gasteiger partial charge in [0.25, 0.3) is 0 Å². The van der Waals surface area contributed by atoms with Crippen LogP contribution < -0.4 is 14.2 Å². The number of carbonyl (C=O) groups is 1. The van der Waals surface area contributed by atoms with Gasteiger partial charge in [0.2, 0.25) is 6.79 Å². The van der Waals surface area contributed by atoms with Crippen LogP contribution in [0.2, 0.25) is 0 Å². The summed E-state index contributed by atoms with van der Waals surface area (Å²) in [6.07, 6.45) is 1.50. The van der Waals surface area contributed by atoms with Gasteiger partial charge in [-0.25, -0.2) is 4.79 Å². The van der Waals surface area contributed by atoms with E-state index in [1.807, 2.05) is 19.1 Å². The van der Waals surface area contributed by atoms with Crippen LogP contribution in [-0.2, 0) is 9.47 Å². The van der Waals surface area contributed by atoms with E-state index in [-0.39, 0.29) is 50.2 Å². The summed E-state index contributed by atoms with van der Waals surface area (Å²) in [7, 11) is 0. The topological polar surface area (TPSA) is 104 Å². The van der Waals surface area contributed by atoms with Crippen LogP contribution in [0.3, 0.4) is 0 Å². The Hall–Kier alpha value is -2.65.